The summed E-state index contributed by atoms with van der Waals surface area (Å²) in [7, 11) is 1.78. The Balaban J connectivity index is 2.13. The number of hydrogen-bond acceptors (Lipinski definition) is 4. The lowest BCUT2D eigenvalue weighted by Crippen LogP contribution is -2.26. The second-order valence-corrected chi connectivity index (χ2v) is 6.22. The average molecular weight is 310 g/mol. The van der Waals surface area contributed by atoms with Gasteiger partial charge in [0.1, 0.15) is 5.82 Å². The van der Waals surface area contributed by atoms with Gasteiger partial charge < -0.3 is 10.6 Å². The van der Waals surface area contributed by atoms with Gasteiger partial charge in [-0.3, -0.25) is 4.79 Å². The van der Waals surface area contributed by atoms with Gasteiger partial charge in [0, 0.05) is 23.2 Å². The van der Waals surface area contributed by atoms with Crippen LogP contribution in [-0.2, 0) is 0 Å². The summed E-state index contributed by atoms with van der Waals surface area (Å²) in [6.45, 7) is 3.80. The van der Waals surface area contributed by atoms with Crippen molar-refractivity contribution >= 4 is 34.7 Å². The molecular weight excluding hydrogens is 294 g/mol. The van der Waals surface area contributed by atoms with E-state index in [4.69, 9.17) is 11.6 Å². The molecule has 2 N–H and O–H groups in total. The molecule has 2 aromatic rings. The van der Waals surface area contributed by atoms with Gasteiger partial charge in [0.2, 0.25) is 0 Å². The fourth-order valence-electron chi connectivity index (χ4n) is 1.84. The number of carbonyl (C=O) groups is 1. The highest BCUT2D eigenvalue weighted by Crippen LogP contribution is 2.26. The molecule has 0 aliphatic carbocycles. The maximum Gasteiger partial charge on any atom is 0.251 e. The van der Waals surface area contributed by atoms with E-state index in [0.717, 1.165) is 14.9 Å². The van der Waals surface area contributed by atoms with E-state index in [0.29, 0.717) is 11.4 Å². The van der Waals surface area contributed by atoms with E-state index < -0.39 is 0 Å². The summed E-state index contributed by atoms with van der Waals surface area (Å²) >= 11 is 7.38. The van der Waals surface area contributed by atoms with E-state index in [1.165, 1.54) is 11.3 Å². The highest BCUT2D eigenvalue weighted by molar-refractivity contribution is 7.16. The molecule has 0 saturated carbocycles. The molecule has 0 aliphatic rings. The maximum atomic E-state index is 12.3. The van der Waals surface area contributed by atoms with E-state index in [1.807, 2.05) is 26.0 Å². The average Bonchev–Trinajstić information content (AvgIpc) is 2.84. The molecule has 4 nitrogen and oxygen atoms in total. The molecule has 0 aliphatic heterocycles. The second-order valence-electron chi connectivity index (χ2n) is 4.47. The predicted molar refractivity (Wildman–Crippen MR) is 83.7 cm³/mol. The van der Waals surface area contributed by atoms with Crippen LogP contribution in [0.2, 0.25) is 4.34 Å². The number of nitrogens with one attached hydrogen (secondary N) is 2. The Labute approximate surface area is 127 Å². The minimum absolute atomic E-state index is 0.0773. The number of amides is 1. The number of carbonyl (C=O) groups excluding carboxylic acids is 1. The molecule has 1 unspecified atom stereocenters. The van der Waals surface area contributed by atoms with E-state index in [1.54, 1.807) is 19.2 Å². The molecule has 20 heavy (non-hydrogen) atoms. The van der Waals surface area contributed by atoms with Crippen LogP contribution in [0.5, 0.6) is 0 Å². The van der Waals surface area contributed by atoms with Crippen molar-refractivity contribution in [2.24, 2.45) is 0 Å². The molecule has 106 valence electrons. The zero-order chi connectivity index (χ0) is 14.7. The third-order valence-corrected chi connectivity index (χ3v) is 4.25. The van der Waals surface area contributed by atoms with Crippen molar-refractivity contribution in [2.75, 3.05) is 12.4 Å². The molecule has 0 spiro atoms. The van der Waals surface area contributed by atoms with Gasteiger partial charge in [-0.1, -0.05) is 11.6 Å². The molecular formula is C14H16ClN3OS. The van der Waals surface area contributed by atoms with E-state index in [-0.39, 0.29) is 11.9 Å². The van der Waals surface area contributed by atoms with Gasteiger partial charge in [0.15, 0.2) is 0 Å². The van der Waals surface area contributed by atoms with Crippen molar-refractivity contribution in [3.8, 4) is 0 Å². The fourth-order valence-corrected chi connectivity index (χ4v) is 2.90. The van der Waals surface area contributed by atoms with Gasteiger partial charge in [0.05, 0.1) is 10.4 Å². The van der Waals surface area contributed by atoms with Crippen molar-refractivity contribution in [1.82, 2.24) is 10.3 Å². The van der Waals surface area contributed by atoms with Crippen molar-refractivity contribution in [3.63, 3.8) is 0 Å². The first-order chi connectivity index (χ1) is 9.49. The van der Waals surface area contributed by atoms with Gasteiger partial charge in [-0.15, -0.1) is 11.3 Å². The molecule has 1 amide bonds. The Morgan fingerprint density at radius 3 is 2.75 bits per heavy atom. The molecule has 1 atom stereocenters. The number of aryl methyl sites for hydroxylation is 1. The number of hydrogen-bond donors (Lipinski definition) is 2. The summed E-state index contributed by atoms with van der Waals surface area (Å²) < 4.78 is 0.721. The SMILES string of the molecule is CNc1cc(C(=O)NC(C)c2ccc(Cl)s2)cc(C)n1. The summed E-state index contributed by atoms with van der Waals surface area (Å²) in [5.74, 6) is 0.561. The molecule has 2 aromatic heterocycles. The summed E-state index contributed by atoms with van der Waals surface area (Å²) in [6, 6.07) is 7.18. The Hall–Kier alpha value is -1.59. The molecule has 0 fully saturated rings. The summed E-state index contributed by atoms with van der Waals surface area (Å²) in [5, 5.41) is 5.91. The summed E-state index contributed by atoms with van der Waals surface area (Å²) in [6.07, 6.45) is 0. The first-order valence-electron chi connectivity index (χ1n) is 6.22. The molecule has 6 heteroatoms. The van der Waals surface area contributed by atoms with Gasteiger partial charge in [0.25, 0.3) is 5.91 Å². The van der Waals surface area contributed by atoms with Gasteiger partial charge in [-0.05, 0) is 38.1 Å². The van der Waals surface area contributed by atoms with Gasteiger partial charge in [-0.25, -0.2) is 4.98 Å². The highest BCUT2D eigenvalue weighted by Gasteiger charge is 2.14. The Bertz CT molecular complexity index is 627. The summed E-state index contributed by atoms with van der Waals surface area (Å²) in [5.41, 5.74) is 1.39. The summed E-state index contributed by atoms with van der Waals surface area (Å²) in [4.78, 5) is 17.6. The Kier molecular flexibility index (Phi) is 4.62. The van der Waals surface area contributed by atoms with Crippen molar-refractivity contribution in [3.05, 3.63) is 44.7 Å². The van der Waals surface area contributed by atoms with Crippen LogP contribution in [0.15, 0.2) is 24.3 Å². The first-order valence-corrected chi connectivity index (χ1v) is 7.41. The molecule has 0 saturated heterocycles. The van der Waals surface area contributed by atoms with Crippen LogP contribution in [0.3, 0.4) is 0 Å². The number of rotatable bonds is 4. The Morgan fingerprint density at radius 2 is 2.15 bits per heavy atom. The third kappa shape index (κ3) is 3.49. The molecule has 2 rings (SSSR count). The fraction of sp³-hybridized carbons (Fsp3) is 0.286. The lowest BCUT2D eigenvalue weighted by molar-refractivity contribution is 0.0940. The standard InChI is InChI=1S/C14H16ClN3OS/c1-8-6-10(7-13(16-3)17-8)14(19)18-9(2)11-4-5-12(15)20-11/h4-7,9H,1-3H3,(H,16,17)(H,18,19). The van der Waals surface area contributed by atoms with Crippen molar-refractivity contribution in [1.29, 1.82) is 0 Å². The van der Waals surface area contributed by atoms with Crippen LogP contribution in [0.1, 0.15) is 33.9 Å². The third-order valence-electron chi connectivity index (χ3n) is 2.84. The lowest BCUT2D eigenvalue weighted by Gasteiger charge is -2.13. The van der Waals surface area contributed by atoms with E-state index >= 15 is 0 Å². The predicted octanol–water partition coefficient (Wildman–Crippen LogP) is 3.64. The minimum Gasteiger partial charge on any atom is -0.373 e. The second kappa shape index (κ2) is 6.24. The number of nitrogens with zero attached hydrogens (tertiary/aromatic N) is 1. The van der Waals surface area contributed by atoms with Crippen molar-refractivity contribution in [2.45, 2.75) is 19.9 Å². The molecule has 0 aromatic carbocycles. The maximum absolute atomic E-state index is 12.3. The Morgan fingerprint density at radius 1 is 1.40 bits per heavy atom. The van der Waals surface area contributed by atoms with Crippen LogP contribution in [-0.4, -0.2) is 17.9 Å². The van der Waals surface area contributed by atoms with Gasteiger partial charge in [-0.2, -0.15) is 0 Å². The monoisotopic (exact) mass is 309 g/mol. The van der Waals surface area contributed by atoms with Crippen LogP contribution < -0.4 is 10.6 Å². The van der Waals surface area contributed by atoms with E-state index in [2.05, 4.69) is 15.6 Å². The number of halogens is 1. The zero-order valence-electron chi connectivity index (χ0n) is 11.5. The normalized spacial score (nSPS) is 12.0. The van der Waals surface area contributed by atoms with E-state index in [9.17, 15) is 4.79 Å². The van der Waals surface area contributed by atoms with Crippen molar-refractivity contribution < 1.29 is 4.79 Å². The largest absolute Gasteiger partial charge is 0.373 e. The smallest absolute Gasteiger partial charge is 0.251 e. The number of aromatic nitrogens is 1. The van der Waals surface area contributed by atoms with Gasteiger partial charge >= 0.3 is 0 Å². The van der Waals surface area contributed by atoms with Crippen LogP contribution in [0.25, 0.3) is 0 Å². The number of pyridine rings is 1. The number of thiophene rings is 1. The molecule has 2 heterocycles. The number of anilines is 1. The highest BCUT2D eigenvalue weighted by atomic mass is 35.5. The minimum atomic E-state index is -0.121. The first kappa shape index (κ1) is 14.8. The lowest BCUT2D eigenvalue weighted by atomic mass is 10.2. The molecule has 0 bridgehead atoms. The van der Waals surface area contributed by atoms with Crippen LogP contribution in [0, 0.1) is 6.92 Å². The van der Waals surface area contributed by atoms with Crippen LogP contribution >= 0.6 is 22.9 Å². The molecule has 0 radical (unpaired) electrons. The van der Waals surface area contributed by atoms with Crippen LogP contribution in [0.4, 0.5) is 5.82 Å². The zero-order valence-corrected chi connectivity index (χ0v) is 13.1. The topological polar surface area (TPSA) is 54.0 Å². The quantitative estimate of drug-likeness (QED) is 0.906.